The van der Waals surface area contributed by atoms with Gasteiger partial charge in [-0.25, -0.2) is 0 Å². The number of nitrogens with zero attached hydrogens (tertiary/aromatic N) is 2. The first-order chi connectivity index (χ1) is 22.7. The van der Waals surface area contributed by atoms with Crippen LogP contribution in [0, 0.1) is 0 Å². The van der Waals surface area contributed by atoms with E-state index in [1.165, 1.54) is 64.5 Å². The molecule has 9 rings (SSSR count). The van der Waals surface area contributed by atoms with Gasteiger partial charge in [-0.1, -0.05) is 101 Å². The molecule has 46 heavy (non-hydrogen) atoms. The fourth-order valence-corrected chi connectivity index (χ4v) is 8.57. The second kappa shape index (κ2) is 11.2. The minimum absolute atomic E-state index is 0.993. The van der Waals surface area contributed by atoms with Crippen LogP contribution >= 0.6 is 27.3 Å². The number of anilines is 2. The van der Waals surface area contributed by atoms with Crippen molar-refractivity contribution in [2.75, 3.05) is 4.90 Å². The number of rotatable bonds is 5. The third-order valence-electron chi connectivity index (χ3n) is 9.08. The summed E-state index contributed by atoms with van der Waals surface area (Å²) in [5.41, 5.74) is 9.74. The molecule has 2 aromatic heterocycles. The van der Waals surface area contributed by atoms with Crippen LogP contribution in [0.2, 0.25) is 0 Å². The average molecular weight is 674 g/mol. The highest BCUT2D eigenvalue weighted by Gasteiger charge is 2.22. The second-order valence-corrected chi connectivity index (χ2v) is 13.8. The van der Waals surface area contributed by atoms with E-state index in [-0.39, 0.29) is 0 Å². The van der Waals surface area contributed by atoms with Gasteiger partial charge in [0, 0.05) is 58.2 Å². The highest BCUT2D eigenvalue weighted by atomic mass is 79.9. The quantitative estimate of drug-likeness (QED) is 0.177. The molecule has 6 aromatic carbocycles. The highest BCUT2D eigenvalue weighted by Crippen LogP contribution is 2.45. The van der Waals surface area contributed by atoms with Crippen LogP contribution in [0.25, 0.3) is 53.2 Å². The molecule has 2 heterocycles. The van der Waals surface area contributed by atoms with Gasteiger partial charge < -0.3 is 9.47 Å². The lowest BCUT2D eigenvalue weighted by Gasteiger charge is -2.29. The Labute approximate surface area is 280 Å². The number of aromatic nitrogens is 1. The van der Waals surface area contributed by atoms with Crippen molar-refractivity contribution >= 4 is 86.2 Å². The minimum Gasteiger partial charge on any atom is -0.311 e. The van der Waals surface area contributed by atoms with Crippen LogP contribution in [0.15, 0.2) is 162 Å². The van der Waals surface area contributed by atoms with Crippen molar-refractivity contribution in [3.63, 3.8) is 0 Å². The van der Waals surface area contributed by atoms with Crippen molar-refractivity contribution in [3.05, 3.63) is 167 Å². The largest absolute Gasteiger partial charge is 0.311 e. The Morgan fingerprint density at radius 2 is 1.41 bits per heavy atom. The second-order valence-electron chi connectivity index (χ2n) is 11.8. The lowest BCUT2D eigenvalue weighted by molar-refractivity contribution is 1.01. The molecule has 0 spiro atoms. The van der Waals surface area contributed by atoms with Gasteiger partial charge in [0.05, 0.1) is 11.0 Å². The zero-order chi connectivity index (χ0) is 30.6. The maximum absolute atomic E-state index is 3.68. The molecule has 0 aliphatic heterocycles. The first-order valence-electron chi connectivity index (χ1n) is 15.7. The Balaban J connectivity index is 1.31. The number of hydrogen-bond donors (Lipinski definition) is 0. The standard InChI is InChI=1S/C42H29BrN2S/c43-30-13-9-11-28(25-30)29-12-10-18-33(26-29)44(31-14-3-1-4-15-31)34-21-22-35-36-23-24-40-41(37-19-7-8-20-39(37)46-40)42(36)45(38(35)27-34)32-16-5-2-6-17-32/h1-9,11,13-27H,10,12H2. The van der Waals surface area contributed by atoms with Gasteiger partial charge in [-0.2, -0.15) is 0 Å². The zero-order valence-corrected chi connectivity index (χ0v) is 27.4. The molecule has 8 aromatic rings. The average Bonchev–Trinajstić information content (AvgIpc) is 3.65. The summed E-state index contributed by atoms with van der Waals surface area (Å²) in [6, 6.07) is 50.7. The number of thiophene rings is 1. The molecule has 220 valence electrons. The molecule has 1 aliphatic carbocycles. The smallest absolute Gasteiger partial charge is 0.0634 e. The van der Waals surface area contributed by atoms with Gasteiger partial charge in [0.2, 0.25) is 0 Å². The Morgan fingerprint density at radius 1 is 0.630 bits per heavy atom. The molecule has 0 radical (unpaired) electrons. The molecule has 0 bridgehead atoms. The molecular formula is C42H29BrN2S. The van der Waals surface area contributed by atoms with Gasteiger partial charge in [-0.3, -0.25) is 0 Å². The third-order valence-corrected chi connectivity index (χ3v) is 10.7. The lowest BCUT2D eigenvalue weighted by Crippen LogP contribution is -2.17. The van der Waals surface area contributed by atoms with Crippen LogP contribution in [0.3, 0.4) is 0 Å². The fourth-order valence-electron chi connectivity index (χ4n) is 7.07. The summed E-state index contributed by atoms with van der Waals surface area (Å²) < 4.78 is 6.23. The molecule has 0 fully saturated rings. The van der Waals surface area contributed by atoms with Crippen molar-refractivity contribution in [1.29, 1.82) is 0 Å². The van der Waals surface area contributed by atoms with Gasteiger partial charge in [0.15, 0.2) is 0 Å². The summed E-state index contributed by atoms with van der Waals surface area (Å²) in [5.74, 6) is 0. The van der Waals surface area contributed by atoms with E-state index < -0.39 is 0 Å². The summed E-state index contributed by atoms with van der Waals surface area (Å²) in [6.07, 6.45) is 6.77. The normalized spacial score (nSPS) is 13.4. The molecule has 0 unspecified atom stereocenters. The van der Waals surface area contributed by atoms with E-state index in [0.717, 1.165) is 28.7 Å². The minimum atomic E-state index is 0.993. The monoisotopic (exact) mass is 672 g/mol. The summed E-state index contributed by atoms with van der Waals surface area (Å²) in [7, 11) is 0. The van der Waals surface area contributed by atoms with Crippen LogP contribution < -0.4 is 4.90 Å². The van der Waals surface area contributed by atoms with Crippen molar-refractivity contribution in [2.24, 2.45) is 0 Å². The predicted octanol–water partition coefficient (Wildman–Crippen LogP) is 12.8. The van der Waals surface area contributed by atoms with Crippen molar-refractivity contribution < 1.29 is 0 Å². The molecule has 2 nitrogen and oxygen atoms in total. The molecule has 4 heteroatoms. The molecule has 0 atom stereocenters. The van der Waals surface area contributed by atoms with E-state index in [0.29, 0.717) is 0 Å². The van der Waals surface area contributed by atoms with Crippen molar-refractivity contribution in [2.45, 2.75) is 12.8 Å². The van der Waals surface area contributed by atoms with E-state index in [4.69, 9.17) is 0 Å². The van der Waals surface area contributed by atoms with Crippen molar-refractivity contribution in [1.82, 2.24) is 4.57 Å². The van der Waals surface area contributed by atoms with Gasteiger partial charge in [-0.05, 0) is 90.7 Å². The number of allylic oxidation sites excluding steroid dienone is 3. The Bertz CT molecular complexity index is 2480. The highest BCUT2D eigenvalue weighted by molar-refractivity contribution is 9.10. The first kappa shape index (κ1) is 27.4. The summed E-state index contributed by atoms with van der Waals surface area (Å²) in [5, 5.41) is 5.19. The number of halogens is 1. The fraction of sp³-hybridized carbons (Fsp3) is 0.0476. The van der Waals surface area contributed by atoms with Crippen LogP contribution in [0.4, 0.5) is 11.4 Å². The molecule has 0 saturated heterocycles. The number of para-hydroxylation sites is 2. The lowest BCUT2D eigenvalue weighted by atomic mass is 9.95. The molecule has 0 N–H and O–H groups in total. The van der Waals surface area contributed by atoms with Crippen molar-refractivity contribution in [3.8, 4) is 5.69 Å². The van der Waals surface area contributed by atoms with E-state index in [1.807, 2.05) is 11.3 Å². The van der Waals surface area contributed by atoms with Gasteiger partial charge in [0.25, 0.3) is 0 Å². The molecular weight excluding hydrogens is 644 g/mol. The van der Waals surface area contributed by atoms with E-state index in [9.17, 15) is 0 Å². The van der Waals surface area contributed by atoms with E-state index >= 15 is 0 Å². The summed E-state index contributed by atoms with van der Waals surface area (Å²) >= 11 is 5.56. The number of benzene rings is 6. The van der Waals surface area contributed by atoms with Gasteiger partial charge in [-0.15, -0.1) is 11.3 Å². The van der Waals surface area contributed by atoms with Gasteiger partial charge >= 0.3 is 0 Å². The topological polar surface area (TPSA) is 8.17 Å². The van der Waals surface area contributed by atoms with Gasteiger partial charge in [0.1, 0.15) is 0 Å². The zero-order valence-electron chi connectivity index (χ0n) is 25.0. The van der Waals surface area contributed by atoms with Crippen LogP contribution in [0.1, 0.15) is 18.4 Å². The summed E-state index contributed by atoms with van der Waals surface area (Å²) in [6.45, 7) is 0. The Morgan fingerprint density at radius 3 is 2.26 bits per heavy atom. The molecule has 0 amide bonds. The number of fused-ring (bicyclic) bond motifs is 7. The van der Waals surface area contributed by atoms with Crippen LogP contribution in [0.5, 0.6) is 0 Å². The summed E-state index contributed by atoms with van der Waals surface area (Å²) in [4.78, 5) is 2.42. The van der Waals surface area contributed by atoms with Crippen LogP contribution in [-0.4, -0.2) is 4.57 Å². The number of hydrogen-bond acceptors (Lipinski definition) is 2. The Kier molecular flexibility index (Phi) is 6.65. The van der Waals surface area contributed by atoms with E-state index in [1.54, 1.807) is 0 Å². The van der Waals surface area contributed by atoms with Crippen LogP contribution in [-0.2, 0) is 0 Å². The van der Waals surface area contributed by atoms with E-state index in [2.05, 4.69) is 177 Å². The predicted molar refractivity (Wildman–Crippen MR) is 202 cm³/mol. The first-order valence-corrected chi connectivity index (χ1v) is 17.3. The Hall–Kier alpha value is -4.90. The maximum Gasteiger partial charge on any atom is 0.0634 e. The maximum atomic E-state index is 3.68. The SMILES string of the molecule is Brc1cccc(C2=CC(N(c3ccccc3)c3ccc4c5ccc6sc7ccccc7c6c5n(-c5ccccc5)c4c3)=CCC2)c1. The molecule has 0 saturated carbocycles. The third kappa shape index (κ3) is 4.52. The molecule has 1 aliphatic rings.